The van der Waals surface area contributed by atoms with Crippen LogP contribution < -0.4 is 9.47 Å². The Balaban J connectivity index is 1.73. The maximum atomic E-state index is 12.8. The van der Waals surface area contributed by atoms with Crippen molar-refractivity contribution in [3.05, 3.63) is 59.7 Å². The second-order valence-electron chi connectivity index (χ2n) is 7.35. The molecular weight excluding hydrogens is 432 g/mol. The van der Waals surface area contributed by atoms with Crippen LogP contribution in [0.3, 0.4) is 0 Å². The van der Waals surface area contributed by atoms with Crippen molar-refractivity contribution in [3.63, 3.8) is 0 Å². The van der Waals surface area contributed by atoms with E-state index in [0.29, 0.717) is 30.0 Å². The van der Waals surface area contributed by atoms with Crippen molar-refractivity contribution in [1.29, 1.82) is 0 Å². The first kappa shape index (κ1) is 23.3. The number of ether oxygens (including phenoxy) is 2. The third-order valence-electron chi connectivity index (χ3n) is 5.11. The molecule has 3 rings (SSSR count). The number of benzene rings is 2. The average Bonchev–Trinajstić information content (AvgIpc) is 3.27. The Morgan fingerprint density at radius 3 is 2.34 bits per heavy atom. The van der Waals surface area contributed by atoms with Gasteiger partial charge in [0, 0.05) is 24.7 Å². The number of methoxy groups -OCH3 is 2. The Hall–Kier alpha value is -3.33. The van der Waals surface area contributed by atoms with Crippen LogP contribution in [-0.4, -0.2) is 63.3 Å². The highest BCUT2D eigenvalue weighted by molar-refractivity contribution is 7.92. The normalized spacial score (nSPS) is 14.1. The summed E-state index contributed by atoms with van der Waals surface area (Å²) in [6, 6.07) is 11.5. The summed E-state index contributed by atoms with van der Waals surface area (Å²) < 4.78 is 35.8. The minimum Gasteiger partial charge on any atom is -0.497 e. The topological polar surface area (TPSA) is 93.2 Å². The fourth-order valence-electron chi connectivity index (χ4n) is 3.38. The van der Waals surface area contributed by atoms with E-state index in [4.69, 9.17) is 9.47 Å². The molecule has 0 aliphatic carbocycles. The van der Waals surface area contributed by atoms with E-state index in [-0.39, 0.29) is 11.4 Å². The first-order valence-corrected chi connectivity index (χ1v) is 11.7. The van der Waals surface area contributed by atoms with E-state index >= 15 is 0 Å². The molecule has 32 heavy (non-hydrogen) atoms. The lowest BCUT2D eigenvalue weighted by atomic mass is 10.1. The number of hydrazine groups is 1. The minimum absolute atomic E-state index is 0.0820. The second-order valence-corrected chi connectivity index (χ2v) is 9.33. The summed E-state index contributed by atoms with van der Waals surface area (Å²) in [6.07, 6.45) is 3.48. The molecule has 0 N–H and O–H groups in total. The van der Waals surface area contributed by atoms with Crippen LogP contribution in [0.25, 0.3) is 6.08 Å². The fourth-order valence-corrected chi connectivity index (χ4v) is 4.57. The van der Waals surface area contributed by atoms with Crippen molar-refractivity contribution in [3.8, 4) is 11.5 Å². The predicted molar refractivity (Wildman–Crippen MR) is 120 cm³/mol. The maximum Gasteiger partial charge on any atom is 0.265 e. The summed E-state index contributed by atoms with van der Waals surface area (Å²) in [4.78, 5) is 25.6. The molecule has 0 aromatic heterocycles. The van der Waals surface area contributed by atoms with Gasteiger partial charge in [-0.15, -0.1) is 0 Å². The van der Waals surface area contributed by atoms with Gasteiger partial charge in [-0.2, -0.15) is 0 Å². The van der Waals surface area contributed by atoms with E-state index < -0.39 is 27.4 Å². The predicted octanol–water partition coefficient (Wildman–Crippen LogP) is 2.48. The number of aryl methyl sites for hydroxylation is 1. The van der Waals surface area contributed by atoms with Crippen molar-refractivity contribution >= 4 is 27.7 Å². The molecule has 1 fully saturated rings. The maximum absolute atomic E-state index is 12.8. The number of sulfone groups is 1. The molecule has 1 aliphatic heterocycles. The van der Waals surface area contributed by atoms with Gasteiger partial charge in [0.05, 0.1) is 19.1 Å². The molecule has 0 atom stereocenters. The lowest BCUT2D eigenvalue weighted by molar-refractivity contribution is -0.152. The number of amides is 2. The van der Waals surface area contributed by atoms with Crippen LogP contribution in [0.2, 0.25) is 0 Å². The SMILES string of the molecule is COc1ccc(OC)c(C=CC(=O)N2CCCN2C(=O)CS(=O)(=O)c2ccc(C)cc2)c1. The number of rotatable bonds is 7. The van der Waals surface area contributed by atoms with Crippen LogP contribution in [0.4, 0.5) is 0 Å². The summed E-state index contributed by atoms with van der Waals surface area (Å²) >= 11 is 0. The van der Waals surface area contributed by atoms with Crippen LogP contribution in [-0.2, 0) is 19.4 Å². The van der Waals surface area contributed by atoms with Gasteiger partial charge in [0.1, 0.15) is 17.3 Å². The number of carbonyl (C=O) groups is 2. The third kappa shape index (κ3) is 5.28. The Kier molecular flexibility index (Phi) is 7.19. The summed E-state index contributed by atoms with van der Waals surface area (Å²) in [5, 5.41) is 2.48. The van der Waals surface area contributed by atoms with Crippen LogP contribution >= 0.6 is 0 Å². The van der Waals surface area contributed by atoms with E-state index in [1.54, 1.807) is 43.5 Å². The van der Waals surface area contributed by atoms with Gasteiger partial charge in [0.15, 0.2) is 9.84 Å². The van der Waals surface area contributed by atoms with Gasteiger partial charge in [0.25, 0.3) is 11.8 Å². The van der Waals surface area contributed by atoms with Gasteiger partial charge in [-0.1, -0.05) is 17.7 Å². The highest BCUT2D eigenvalue weighted by Gasteiger charge is 2.32. The molecule has 8 nitrogen and oxygen atoms in total. The molecular formula is C23H26N2O6S. The van der Waals surface area contributed by atoms with E-state index in [0.717, 1.165) is 5.56 Å². The summed E-state index contributed by atoms with van der Waals surface area (Å²) in [6.45, 7) is 2.46. The fraction of sp³-hybridized carbons (Fsp3) is 0.304. The van der Waals surface area contributed by atoms with Crippen LogP contribution in [0.15, 0.2) is 53.4 Å². The Morgan fingerprint density at radius 1 is 1.00 bits per heavy atom. The van der Waals surface area contributed by atoms with Gasteiger partial charge >= 0.3 is 0 Å². The highest BCUT2D eigenvalue weighted by Crippen LogP contribution is 2.25. The second kappa shape index (κ2) is 9.86. The lowest BCUT2D eigenvalue weighted by Gasteiger charge is -2.26. The molecule has 1 saturated heterocycles. The molecule has 2 aromatic carbocycles. The first-order chi connectivity index (χ1) is 15.2. The van der Waals surface area contributed by atoms with E-state index in [1.165, 1.54) is 35.3 Å². The number of nitrogens with zero attached hydrogens (tertiary/aromatic N) is 2. The molecule has 2 amide bonds. The van der Waals surface area contributed by atoms with Crippen molar-refractivity contribution < 1.29 is 27.5 Å². The zero-order valence-corrected chi connectivity index (χ0v) is 19.1. The largest absolute Gasteiger partial charge is 0.497 e. The van der Waals surface area contributed by atoms with Crippen LogP contribution in [0.1, 0.15) is 17.5 Å². The van der Waals surface area contributed by atoms with E-state index in [2.05, 4.69) is 0 Å². The van der Waals surface area contributed by atoms with E-state index in [9.17, 15) is 18.0 Å². The first-order valence-electron chi connectivity index (χ1n) is 10.1. The number of hydrogen-bond acceptors (Lipinski definition) is 6. The molecule has 0 spiro atoms. The van der Waals surface area contributed by atoms with Gasteiger partial charge in [-0.3, -0.25) is 14.6 Å². The standard InChI is InChI=1S/C23H26N2O6S/c1-17-5-9-20(10-6-17)32(28,29)16-23(27)25-14-4-13-24(25)22(26)12-7-18-15-19(30-2)8-11-21(18)31-3/h5-12,15H,4,13-14,16H2,1-3H3. The molecule has 1 aliphatic rings. The van der Waals surface area contributed by atoms with Gasteiger partial charge in [-0.05, 0) is 49.8 Å². The summed E-state index contributed by atoms with van der Waals surface area (Å²) in [5.74, 6) is -0.587. The zero-order valence-electron chi connectivity index (χ0n) is 18.3. The van der Waals surface area contributed by atoms with Gasteiger partial charge < -0.3 is 9.47 Å². The Bertz CT molecular complexity index is 1130. The molecule has 0 saturated carbocycles. The van der Waals surface area contributed by atoms with Crippen LogP contribution in [0.5, 0.6) is 11.5 Å². The monoisotopic (exact) mass is 458 g/mol. The Labute approximate surface area is 187 Å². The number of carbonyl (C=O) groups excluding carboxylic acids is 2. The summed E-state index contributed by atoms with van der Waals surface area (Å²) in [5.41, 5.74) is 1.56. The molecule has 0 bridgehead atoms. The van der Waals surface area contributed by atoms with E-state index in [1.807, 2.05) is 6.92 Å². The van der Waals surface area contributed by atoms with Crippen molar-refractivity contribution in [1.82, 2.24) is 10.0 Å². The Morgan fingerprint density at radius 2 is 1.69 bits per heavy atom. The van der Waals surface area contributed by atoms with Crippen LogP contribution in [0, 0.1) is 6.92 Å². The minimum atomic E-state index is -3.81. The molecule has 0 unspecified atom stereocenters. The van der Waals surface area contributed by atoms with Crippen molar-refractivity contribution in [2.45, 2.75) is 18.2 Å². The number of hydrogen-bond donors (Lipinski definition) is 0. The molecule has 1 heterocycles. The van der Waals surface area contributed by atoms with Gasteiger partial charge in [-0.25, -0.2) is 13.4 Å². The third-order valence-corrected chi connectivity index (χ3v) is 6.73. The smallest absolute Gasteiger partial charge is 0.265 e. The average molecular weight is 459 g/mol. The lowest BCUT2D eigenvalue weighted by Crippen LogP contribution is -2.46. The van der Waals surface area contributed by atoms with Crippen molar-refractivity contribution in [2.24, 2.45) is 0 Å². The zero-order chi connectivity index (χ0) is 23.3. The van der Waals surface area contributed by atoms with Gasteiger partial charge in [0.2, 0.25) is 0 Å². The highest BCUT2D eigenvalue weighted by atomic mass is 32.2. The molecule has 0 radical (unpaired) electrons. The quantitative estimate of drug-likeness (QED) is 0.592. The molecule has 9 heteroatoms. The summed E-state index contributed by atoms with van der Waals surface area (Å²) in [7, 11) is -0.748. The molecule has 170 valence electrons. The van der Waals surface area contributed by atoms with Crippen molar-refractivity contribution in [2.75, 3.05) is 33.1 Å². The molecule has 2 aromatic rings.